The number of hydrogen-bond acceptors (Lipinski definition) is 6. The molecule has 0 spiro atoms. The van der Waals surface area contributed by atoms with Crippen molar-refractivity contribution in [2.75, 3.05) is 5.73 Å². The van der Waals surface area contributed by atoms with Crippen molar-refractivity contribution in [1.29, 1.82) is 0 Å². The van der Waals surface area contributed by atoms with Gasteiger partial charge in [-0.3, -0.25) is 4.21 Å². The zero-order valence-electron chi connectivity index (χ0n) is 10.1. The molecule has 4 nitrogen and oxygen atoms in total. The standard InChI is InChI=1S/C12H11N3OS3/c1-7-5-17-11(14-7)6-19(16)12-15-9-3-2-8(13)4-10(9)18-12/h2-5H,6,13H2,1H3. The molecule has 0 fully saturated rings. The van der Waals surface area contributed by atoms with Crippen molar-refractivity contribution >= 4 is 49.4 Å². The van der Waals surface area contributed by atoms with Gasteiger partial charge in [0.05, 0.1) is 26.8 Å². The first kappa shape index (κ1) is 12.7. The van der Waals surface area contributed by atoms with Gasteiger partial charge in [-0.05, 0) is 25.1 Å². The van der Waals surface area contributed by atoms with Crippen LogP contribution in [0.4, 0.5) is 5.69 Å². The first-order chi connectivity index (χ1) is 9.11. The fourth-order valence-corrected chi connectivity index (χ4v) is 4.99. The van der Waals surface area contributed by atoms with Crippen LogP contribution in [0.15, 0.2) is 27.9 Å². The summed E-state index contributed by atoms with van der Waals surface area (Å²) < 4.78 is 13.9. The normalized spacial score (nSPS) is 12.9. The number of hydrogen-bond donors (Lipinski definition) is 1. The van der Waals surface area contributed by atoms with Gasteiger partial charge in [0.15, 0.2) is 4.34 Å². The number of nitrogens with two attached hydrogens (primary N) is 1. The molecule has 1 unspecified atom stereocenters. The summed E-state index contributed by atoms with van der Waals surface area (Å²) in [5.74, 6) is 0.424. The second-order valence-corrected chi connectivity index (χ2v) is 7.68. The number of nitrogen functional groups attached to an aromatic ring is 1. The Bertz CT molecular complexity index is 763. The lowest BCUT2D eigenvalue weighted by Gasteiger charge is -1.93. The summed E-state index contributed by atoms with van der Waals surface area (Å²) >= 11 is 2.97. The monoisotopic (exact) mass is 309 g/mol. The van der Waals surface area contributed by atoms with E-state index in [-0.39, 0.29) is 0 Å². The molecule has 7 heteroatoms. The molecule has 3 rings (SSSR count). The molecular formula is C12H11N3OS3. The van der Waals surface area contributed by atoms with Crippen LogP contribution in [0.5, 0.6) is 0 Å². The van der Waals surface area contributed by atoms with Gasteiger partial charge in [0.1, 0.15) is 5.01 Å². The van der Waals surface area contributed by atoms with E-state index in [4.69, 9.17) is 5.73 Å². The summed E-state index contributed by atoms with van der Waals surface area (Å²) in [6, 6.07) is 5.52. The molecule has 0 amide bonds. The topological polar surface area (TPSA) is 68.9 Å². The highest BCUT2D eigenvalue weighted by Gasteiger charge is 2.13. The lowest BCUT2D eigenvalue weighted by atomic mass is 10.3. The highest BCUT2D eigenvalue weighted by molar-refractivity contribution is 7.86. The average molecular weight is 309 g/mol. The van der Waals surface area contributed by atoms with E-state index in [2.05, 4.69) is 9.97 Å². The van der Waals surface area contributed by atoms with E-state index in [1.807, 2.05) is 24.4 Å². The number of fused-ring (bicyclic) bond motifs is 1. The Morgan fingerprint density at radius 1 is 1.37 bits per heavy atom. The first-order valence-electron chi connectivity index (χ1n) is 5.57. The van der Waals surface area contributed by atoms with Gasteiger partial charge in [0, 0.05) is 16.8 Å². The average Bonchev–Trinajstić information content (AvgIpc) is 2.95. The summed E-state index contributed by atoms with van der Waals surface area (Å²) in [5, 5.41) is 2.85. The molecule has 2 N–H and O–H groups in total. The van der Waals surface area contributed by atoms with Gasteiger partial charge in [-0.25, -0.2) is 9.97 Å². The van der Waals surface area contributed by atoms with Crippen molar-refractivity contribution in [3.63, 3.8) is 0 Å². The predicted molar refractivity (Wildman–Crippen MR) is 81.0 cm³/mol. The summed E-state index contributed by atoms with van der Waals surface area (Å²) in [5.41, 5.74) is 8.24. The van der Waals surface area contributed by atoms with Gasteiger partial charge in [-0.1, -0.05) is 0 Å². The molecule has 0 saturated heterocycles. The molecule has 0 radical (unpaired) electrons. The van der Waals surface area contributed by atoms with Crippen LogP contribution in [0.2, 0.25) is 0 Å². The maximum atomic E-state index is 12.3. The molecule has 0 aliphatic rings. The number of aryl methyl sites for hydroxylation is 1. The lowest BCUT2D eigenvalue weighted by molar-refractivity contribution is 0.682. The molecule has 1 aromatic carbocycles. The van der Waals surface area contributed by atoms with E-state index < -0.39 is 10.8 Å². The Labute approximate surface area is 120 Å². The highest BCUT2D eigenvalue weighted by Crippen LogP contribution is 2.27. The third kappa shape index (κ3) is 2.68. The van der Waals surface area contributed by atoms with Gasteiger partial charge in [-0.2, -0.15) is 0 Å². The molecule has 0 saturated carbocycles. The van der Waals surface area contributed by atoms with Gasteiger partial charge in [0.2, 0.25) is 0 Å². The largest absolute Gasteiger partial charge is 0.399 e. The first-order valence-corrected chi connectivity index (χ1v) is 8.59. The van der Waals surface area contributed by atoms with Crippen LogP contribution < -0.4 is 5.73 Å². The van der Waals surface area contributed by atoms with Gasteiger partial charge >= 0.3 is 0 Å². The Hall–Kier alpha value is -1.31. The molecule has 0 bridgehead atoms. The summed E-state index contributed by atoms with van der Waals surface area (Å²) in [6.45, 7) is 1.93. The van der Waals surface area contributed by atoms with E-state index in [0.717, 1.165) is 20.9 Å². The van der Waals surface area contributed by atoms with E-state index in [1.54, 1.807) is 6.07 Å². The van der Waals surface area contributed by atoms with Gasteiger partial charge in [-0.15, -0.1) is 22.7 Å². The minimum absolute atomic E-state index is 0.424. The summed E-state index contributed by atoms with van der Waals surface area (Å²) in [7, 11) is -1.15. The third-order valence-corrected chi connectivity index (χ3v) is 6.30. The van der Waals surface area contributed by atoms with Crippen LogP contribution in [0.1, 0.15) is 10.7 Å². The maximum Gasteiger partial charge on any atom is 0.182 e. The van der Waals surface area contributed by atoms with Crippen LogP contribution in [0, 0.1) is 6.92 Å². The lowest BCUT2D eigenvalue weighted by Crippen LogP contribution is -1.95. The number of nitrogens with zero attached hydrogens (tertiary/aromatic N) is 2. The fourth-order valence-electron chi connectivity index (χ4n) is 1.66. The molecule has 3 aromatic rings. The Morgan fingerprint density at radius 3 is 2.95 bits per heavy atom. The number of anilines is 1. The summed E-state index contributed by atoms with van der Waals surface area (Å²) in [4.78, 5) is 8.72. The van der Waals surface area contributed by atoms with Crippen molar-refractivity contribution in [1.82, 2.24) is 9.97 Å². The van der Waals surface area contributed by atoms with Crippen molar-refractivity contribution in [3.05, 3.63) is 34.3 Å². The van der Waals surface area contributed by atoms with Crippen LogP contribution in [-0.2, 0) is 16.6 Å². The fraction of sp³-hybridized carbons (Fsp3) is 0.167. The van der Waals surface area contributed by atoms with Crippen LogP contribution >= 0.6 is 22.7 Å². The Balaban J connectivity index is 1.89. The quantitative estimate of drug-likeness (QED) is 0.755. The zero-order valence-corrected chi connectivity index (χ0v) is 12.6. The molecule has 2 heterocycles. The highest BCUT2D eigenvalue weighted by atomic mass is 32.2. The van der Waals surface area contributed by atoms with E-state index in [0.29, 0.717) is 15.8 Å². The van der Waals surface area contributed by atoms with Gasteiger partial charge < -0.3 is 5.73 Å². The molecule has 2 aromatic heterocycles. The minimum atomic E-state index is -1.15. The number of thiazole rings is 2. The van der Waals surface area contributed by atoms with Crippen molar-refractivity contribution in [3.8, 4) is 0 Å². The second-order valence-electron chi connectivity index (χ2n) is 4.08. The van der Waals surface area contributed by atoms with Crippen LogP contribution in [-0.4, -0.2) is 14.2 Å². The van der Waals surface area contributed by atoms with E-state index >= 15 is 0 Å². The summed E-state index contributed by atoms with van der Waals surface area (Å²) in [6.07, 6.45) is 0. The van der Waals surface area contributed by atoms with E-state index in [9.17, 15) is 4.21 Å². The number of aromatic nitrogens is 2. The van der Waals surface area contributed by atoms with Crippen molar-refractivity contribution in [2.24, 2.45) is 0 Å². The van der Waals surface area contributed by atoms with Gasteiger partial charge in [0.25, 0.3) is 0 Å². The van der Waals surface area contributed by atoms with Crippen LogP contribution in [0.25, 0.3) is 10.2 Å². The smallest absolute Gasteiger partial charge is 0.182 e. The van der Waals surface area contributed by atoms with E-state index in [1.165, 1.54) is 22.7 Å². The Morgan fingerprint density at radius 2 is 2.21 bits per heavy atom. The molecule has 0 aliphatic carbocycles. The van der Waals surface area contributed by atoms with Crippen molar-refractivity contribution in [2.45, 2.75) is 17.0 Å². The third-order valence-electron chi connectivity index (χ3n) is 2.51. The number of benzene rings is 1. The zero-order chi connectivity index (χ0) is 13.4. The second kappa shape index (κ2) is 4.99. The molecule has 19 heavy (non-hydrogen) atoms. The Kier molecular flexibility index (Phi) is 3.34. The predicted octanol–water partition coefficient (Wildman–Crippen LogP) is 2.95. The number of rotatable bonds is 3. The molecular weight excluding hydrogens is 298 g/mol. The van der Waals surface area contributed by atoms with Crippen LogP contribution in [0.3, 0.4) is 0 Å². The minimum Gasteiger partial charge on any atom is -0.399 e. The molecule has 98 valence electrons. The molecule has 0 aliphatic heterocycles. The maximum absolute atomic E-state index is 12.3. The van der Waals surface area contributed by atoms with Crippen molar-refractivity contribution < 1.29 is 4.21 Å². The SMILES string of the molecule is Cc1csc(CS(=O)c2nc3ccc(N)cc3s2)n1. The molecule has 1 atom stereocenters.